The molecule has 0 aromatic heterocycles. The van der Waals surface area contributed by atoms with Gasteiger partial charge in [0, 0.05) is 7.05 Å². The fourth-order valence-corrected chi connectivity index (χ4v) is 0.256. The molecule has 0 saturated carbocycles. The highest BCUT2D eigenvalue weighted by Crippen LogP contribution is 1.58. The molecule has 5 heteroatoms. The molecule has 9 heavy (non-hydrogen) atoms. The van der Waals surface area contributed by atoms with E-state index in [-0.39, 0.29) is 12.5 Å². The quantitative estimate of drug-likeness (QED) is 0.421. The maximum absolute atomic E-state index is 10.3. The number of nitrogens with one attached hydrogen (secondary N) is 2. The van der Waals surface area contributed by atoms with E-state index in [2.05, 4.69) is 16.4 Å². The van der Waals surface area contributed by atoms with Crippen molar-refractivity contribution in [2.75, 3.05) is 13.6 Å². The van der Waals surface area contributed by atoms with Crippen LogP contribution in [0.2, 0.25) is 0 Å². The Morgan fingerprint density at radius 2 is 2.11 bits per heavy atom. The van der Waals surface area contributed by atoms with Crippen LogP contribution in [0.25, 0.3) is 0 Å². The second kappa shape index (κ2) is 3.71. The summed E-state index contributed by atoms with van der Waals surface area (Å²) in [7, 11) is 1.48. The van der Waals surface area contributed by atoms with E-state index in [1.165, 1.54) is 7.05 Å². The number of rotatable bonds is 2. The lowest BCUT2D eigenvalue weighted by atomic mass is 10.6. The second-order valence-electron chi connectivity index (χ2n) is 1.39. The van der Waals surface area contributed by atoms with Crippen molar-refractivity contribution in [2.45, 2.75) is 0 Å². The number of nitrogens with two attached hydrogens (primary N) is 1. The molecule has 5 nitrogen and oxygen atoms in total. The summed E-state index contributed by atoms with van der Waals surface area (Å²) in [6.07, 6.45) is 0. The van der Waals surface area contributed by atoms with Crippen LogP contribution in [-0.4, -0.2) is 25.5 Å². The van der Waals surface area contributed by atoms with Gasteiger partial charge in [-0.15, -0.1) is 0 Å². The molecular formula is C4H9N3O2. The van der Waals surface area contributed by atoms with E-state index < -0.39 is 6.03 Å². The van der Waals surface area contributed by atoms with Crippen molar-refractivity contribution in [3.05, 3.63) is 0 Å². The van der Waals surface area contributed by atoms with Crippen molar-refractivity contribution < 1.29 is 9.59 Å². The van der Waals surface area contributed by atoms with E-state index in [0.717, 1.165) is 0 Å². The number of amides is 3. The van der Waals surface area contributed by atoms with Crippen LogP contribution >= 0.6 is 0 Å². The summed E-state index contributed by atoms with van der Waals surface area (Å²) in [4.78, 5) is 20.3. The van der Waals surface area contributed by atoms with Crippen LogP contribution in [0.3, 0.4) is 0 Å². The summed E-state index contributed by atoms with van der Waals surface area (Å²) in [6, 6.07) is -0.696. The maximum atomic E-state index is 10.3. The third-order valence-electron chi connectivity index (χ3n) is 0.702. The molecule has 0 aliphatic rings. The third-order valence-corrected chi connectivity index (χ3v) is 0.702. The summed E-state index contributed by atoms with van der Waals surface area (Å²) in [5, 5.41) is 4.43. The molecule has 52 valence electrons. The van der Waals surface area contributed by atoms with Crippen LogP contribution in [-0.2, 0) is 4.79 Å². The fourth-order valence-electron chi connectivity index (χ4n) is 0.256. The van der Waals surface area contributed by atoms with Gasteiger partial charge in [0.05, 0.1) is 6.54 Å². The molecule has 0 heterocycles. The molecule has 0 aliphatic carbocycles. The van der Waals surface area contributed by atoms with Gasteiger partial charge in [-0.3, -0.25) is 4.79 Å². The zero-order chi connectivity index (χ0) is 7.28. The zero-order valence-corrected chi connectivity index (χ0v) is 5.10. The van der Waals surface area contributed by atoms with E-state index in [1.807, 2.05) is 0 Å². The highest BCUT2D eigenvalue weighted by molar-refractivity contribution is 5.82. The molecule has 0 fully saturated rings. The Morgan fingerprint density at radius 1 is 1.56 bits per heavy atom. The largest absolute Gasteiger partial charge is 0.358 e. The second-order valence-corrected chi connectivity index (χ2v) is 1.39. The third kappa shape index (κ3) is 4.60. The lowest BCUT2D eigenvalue weighted by Crippen LogP contribution is -2.38. The molecule has 0 saturated heterocycles. The maximum Gasteiger partial charge on any atom is 0.312 e. The van der Waals surface area contributed by atoms with Gasteiger partial charge in [0.15, 0.2) is 0 Å². The van der Waals surface area contributed by atoms with E-state index in [0.29, 0.717) is 0 Å². The first-order chi connectivity index (χ1) is 4.16. The van der Waals surface area contributed by atoms with Crippen molar-refractivity contribution in [1.29, 1.82) is 0 Å². The predicted octanol–water partition coefficient (Wildman–Crippen LogP) is -1.60. The summed E-state index contributed by atoms with van der Waals surface area (Å²) >= 11 is 0. The molecule has 0 aromatic carbocycles. The monoisotopic (exact) mass is 131 g/mol. The van der Waals surface area contributed by atoms with Gasteiger partial charge in [-0.25, -0.2) is 4.79 Å². The van der Waals surface area contributed by atoms with E-state index in [9.17, 15) is 9.59 Å². The highest BCUT2D eigenvalue weighted by atomic mass is 16.2. The van der Waals surface area contributed by atoms with Crippen molar-refractivity contribution in [1.82, 2.24) is 10.6 Å². The first-order valence-electron chi connectivity index (χ1n) is 2.40. The lowest BCUT2D eigenvalue weighted by molar-refractivity contribution is -0.119. The van der Waals surface area contributed by atoms with Crippen LogP contribution in [0.15, 0.2) is 0 Å². The highest BCUT2D eigenvalue weighted by Gasteiger charge is 1.96. The molecule has 0 aliphatic heterocycles. The van der Waals surface area contributed by atoms with E-state index in [4.69, 9.17) is 0 Å². The van der Waals surface area contributed by atoms with Crippen molar-refractivity contribution in [2.24, 2.45) is 5.73 Å². The number of carbonyl (C=O) groups is 2. The number of carbonyl (C=O) groups excluding carboxylic acids is 2. The number of urea groups is 1. The number of hydrogen-bond donors (Lipinski definition) is 3. The van der Waals surface area contributed by atoms with Crippen molar-refractivity contribution >= 4 is 11.9 Å². The van der Waals surface area contributed by atoms with Gasteiger partial charge < -0.3 is 16.4 Å². The van der Waals surface area contributed by atoms with Gasteiger partial charge in [-0.2, -0.15) is 0 Å². The minimum absolute atomic E-state index is 0.0637. The van der Waals surface area contributed by atoms with Crippen LogP contribution < -0.4 is 16.4 Å². The first kappa shape index (κ1) is 7.74. The Morgan fingerprint density at radius 3 is 2.44 bits per heavy atom. The summed E-state index contributed by atoms with van der Waals surface area (Å²) < 4.78 is 0. The predicted molar refractivity (Wildman–Crippen MR) is 31.7 cm³/mol. The Kier molecular flexibility index (Phi) is 3.19. The minimum atomic E-state index is -0.696. The molecule has 3 amide bonds. The molecule has 0 aromatic rings. The molecule has 4 N–H and O–H groups in total. The van der Waals surface area contributed by atoms with Crippen LogP contribution in [0, 0.1) is 0 Å². The molecule has 0 bridgehead atoms. The Labute approximate surface area is 52.6 Å². The SMILES string of the molecule is CNC(=O)CNC(N)=O. The average molecular weight is 131 g/mol. The number of primary amides is 1. The average Bonchev–Trinajstić information content (AvgIpc) is 1.83. The molecule has 0 spiro atoms. The van der Waals surface area contributed by atoms with Gasteiger partial charge in [0.2, 0.25) is 5.91 Å². The molecule has 0 radical (unpaired) electrons. The van der Waals surface area contributed by atoms with Gasteiger partial charge in [0.1, 0.15) is 0 Å². The smallest absolute Gasteiger partial charge is 0.312 e. The van der Waals surface area contributed by atoms with Crippen molar-refractivity contribution in [3.8, 4) is 0 Å². The number of hydrogen-bond acceptors (Lipinski definition) is 2. The van der Waals surface area contributed by atoms with Crippen LogP contribution in [0.1, 0.15) is 0 Å². The lowest BCUT2D eigenvalue weighted by Gasteiger charge is -1.97. The van der Waals surface area contributed by atoms with E-state index >= 15 is 0 Å². The standard InChI is InChI=1S/C4H9N3O2/c1-6-3(8)2-7-4(5)9/h2H2,1H3,(H,6,8)(H3,5,7,9). The Bertz CT molecular complexity index is 123. The molecule has 0 unspecified atom stereocenters. The van der Waals surface area contributed by atoms with Gasteiger partial charge >= 0.3 is 6.03 Å². The zero-order valence-electron chi connectivity index (χ0n) is 5.10. The molecule has 0 rings (SSSR count). The fraction of sp³-hybridized carbons (Fsp3) is 0.500. The van der Waals surface area contributed by atoms with E-state index in [1.54, 1.807) is 0 Å². The van der Waals surface area contributed by atoms with Gasteiger partial charge in [-0.1, -0.05) is 0 Å². The van der Waals surface area contributed by atoms with Crippen LogP contribution in [0.4, 0.5) is 4.79 Å². The minimum Gasteiger partial charge on any atom is -0.358 e. The normalized spacial score (nSPS) is 8.11. The summed E-state index contributed by atoms with van der Waals surface area (Å²) in [5.41, 5.74) is 4.67. The Hall–Kier alpha value is -1.26. The van der Waals surface area contributed by atoms with Gasteiger partial charge in [0.25, 0.3) is 0 Å². The molecule has 0 atom stereocenters. The number of likely N-dealkylation sites (N-methyl/N-ethyl adjacent to an activating group) is 1. The molecular weight excluding hydrogens is 122 g/mol. The summed E-state index contributed by atoms with van der Waals surface area (Å²) in [6.45, 7) is -0.0637. The van der Waals surface area contributed by atoms with Crippen molar-refractivity contribution in [3.63, 3.8) is 0 Å². The van der Waals surface area contributed by atoms with Gasteiger partial charge in [-0.05, 0) is 0 Å². The Balaban J connectivity index is 3.28. The first-order valence-corrected chi connectivity index (χ1v) is 2.40. The topological polar surface area (TPSA) is 84.2 Å². The summed E-state index contributed by atoms with van der Waals surface area (Å²) in [5.74, 6) is -0.270. The van der Waals surface area contributed by atoms with Crippen LogP contribution in [0.5, 0.6) is 0 Å².